The number of anilines is 2. The minimum Gasteiger partial charge on any atom is -0.423 e. The lowest BCUT2D eigenvalue weighted by Gasteiger charge is -2.22. The number of aryl methyl sites for hydroxylation is 1. The predicted molar refractivity (Wildman–Crippen MR) is 141 cm³/mol. The number of nitrogens with one attached hydrogen (secondary N) is 1. The molecule has 1 aliphatic heterocycles. The zero-order valence-corrected chi connectivity index (χ0v) is 21.6. The van der Waals surface area contributed by atoms with Crippen molar-refractivity contribution in [1.82, 2.24) is 0 Å². The first kappa shape index (κ1) is 25.2. The average Bonchev–Trinajstić information content (AvgIpc) is 3.04. The van der Waals surface area contributed by atoms with Crippen LogP contribution < -0.4 is 15.0 Å². The molecule has 6 nitrogen and oxygen atoms in total. The summed E-state index contributed by atoms with van der Waals surface area (Å²) in [5.41, 5.74) is 3.84. The van der Waals surface area contributed by atoms with Crippen LogP contribution in [-0.2, 0) is 15.0 Å². The topological polar surface area (TPSA) is 75.7 Å². The number of carbonyl (C=O) groups is 3. The van der Waals surface area contributed by atoms with Crippen LogP contribution in [0.1, 0.15) is 47.8 Å². The van der Waals surface area contributed by atoms with Gasteiger partial charge in [0, 0.05) is 11.3 Å². The Morgan fingerprint density at radius 1 is 0.889 bits per heavy atom. The van der Waals surface area contributed by atoms with Gasteiger partial charge >= 0.3 is 5.97 Å². The van der Waals surface area contributed by atoms with Crippen LogP contribution in [0.2, 0.25) is 0 Å². The molecule has 3 aromatic rings. The number of para-hydroxylation sites is 1. The van der Waals surface area contributed by atoms with Gasteiger partial charge in [-0.3, -0.25) is 9.59 Å². The second-order valence-electron chi connectivity index (χ2n) is 9.69. The minimum absolute atomic E-state index is 0.0167. The molecule has 1 heterocycles. The van der Waals surface area contributed by atoms with Gasteiger partial charge in [-0.25, -0.2) is 9.69 Å². The van der Waals surface area contributed by atoms with Crippen molar-refractivity contribution in [3.8, 4) is 5.75 Å². The van der Waals surface area contributed by atoms with E-state index in [1.54, 1.807) is 42.5 Å². The smallest absolute Gasteiger partial charge is 0.343 e. The van der Waals surface area contributed by atoms with Crippen LogP contribution in [0.5, 0.6) is 5.75 Å². The van der Waals surface area contributed by atoms with Crippen LogP contribution in [0.25, 0.3) is 0 Å². The Morgan fingerprint density at radius 2 is 1.56 bits per heavy atom. The monoisotopic (exact) mass is 502 g/mol. The summed E-state index contributed by atoms with van der Waals surface area (Å²) in [6.45, 7) is 9.91. The summed E-state index contributed by atoms with van der Waals surface area (Å²) in [5, 5.41) is 2.74. The summed E-state index contributed by atoms with van der Waals surface area (Å²) in [4.78, 5) is 39.8. The van der Waals surface area contributed by atoms with Crippen molar-refractivity contribution < 1.29 is 19.1 Å². The van der Waals surface area contributed by atoms with Crippen LogP contribution in [0.4, 0.5) is 11.4 Å². The number of nitrogens with zero attached hydrogens (tertiary/aromatic N) is 1. The average molecular weight is 503 g/mol. The van der Waals surface area contributed by atoms with Crippen molar-refractivity contribution in [2.45, 2.75) is 40.0 Å². The number of amides is 2. The highest BCUT2D eigenvalue weighted by atomic mass is 35.5. The molecule has 0 aliphatic carbocycles. The van der Waals surface area contributed by atoms with Crippen LogP contribution in [-0.4, -0.2) is 17.8 Å². The molecule has 0 bridgehead atoms. The van der Waals surface area contributed by atoms with Gasteiger partial charge in [0.25, 0.3) is 11.8 Å². The molecule has 4 rings (SSSR count). The number of rotatable bonds is 5. The Balaban J connectivity index is 1.51. The summed E-state index contributed by atoms with van der Waals surface area (Å²) in [5.74, 6) is -1.11. The molecule has 0 saturated heterocycles. The maximum atomic E-state index is 13.1. The molecule has 1 N–H and O–H groups in total. The minimum atomic E-state index is -0.587. The largest absolute Gasteiger partial charge is 0.423 e. The highest BCUT2D eigenvalue weighted by molar-refractivity contribution is 6.53. The van der Waals surface area contributed by atoms with E-state index in [1.165, 1.54) is 0 Å². The molecular weight excluding hydrogens is 476 g/mol. The number of imide groups is 1. The molecule has 0 atom stereocenters. The molecule has 0 spiro atoms. The molecular formula is C29H27ClN2O4. The number of ether oxygens (including phenoxy) is 1. The van der Waals surface area contributed by atoms with E-state index in [0.29, 0.717) is 22.7 Å². The van der Waals surface area contributed by atoms with Crippen molar-refractivity contribution in [2.24, 2.45) is 0 Å². The summed E-state index contributed by atoms with van der Waals surface area (Å²) in [6, 6.07) is 19.3. The van der Waals surface area contributed by atoms with Gasteiger partial charge in [0.1, 0.15) is 16.5 Å². The molecule has 36 heavy (non-hydrogen) atoms. The molecule has 1 aliphatic rings. The van der Waals surface area contributed by atoms with E-state index in [2.05, 4.69) is 26.1 Å². The van der Waals surface area contributed by atoms with Crippen molar-refractivity contribution in [2.75, 3.05) is 10.2 Å². The Labute approximate surface area is 215 Å². The van der Waals surface area contributed by atoms with Gasteiger partial charge in [-0.2, -0.15) is 0 Å². The summed E-state index contributed by atoms with van der Waals surface area (Å²) in [7, 11) is 0. The summed E-state index contributed by atoms with van der Waals surface area (Å²) in [6.07, 6.45) is 0. The van der Waals surface area contributed by atoms with Gasteiger partial charge in [-0.15, -0.1) is 0 Å². The van der Waals surface area contributed by atoms with E-state index in [1.807, 2.05) is 38.1 Å². The third kappa shape index (κ3) is 4.77. The van der Waals surface area contributed by atoms with E-state index in [0.717, 1.165) is 21.6 Å². The fourth-order valence-corrected chi connectivity index (χ4v) is 4.19. The fraction of sp³-hybridized carbons (Fsp3) is 0.207. The molecule has 0 saturated carbocycles. The molecule has 0 radical (unpaired) electrons. The van der Waals surface area contributed by atoms with Crippen LogP contribution in [0.15, 0.2) is 77.5 Å². The lowest BCUT2D eigenvalue weighted by Crippen LogP contribution is -2.33. The Morgan fingerprint density at radius 3 is 2.22 bits per heavy atom. The summed E-state index contributed by atoms with van der Waals surface area (Å²) < 4.78 is 5.67. The number of esters is 1. The number of halogens is 1. The maximum absolute atomic E-state index is 13.1. The Hall–Kier alpha value is -3.90. The van der Waals surface area contributed by atoms with Gasteiger partial charge in [0.05, 0.1) is 11.3 Å². The number of benzene rings is 3. The van der Waals surface area contributed by atoms with E-state index in [9.17, 15) is 14.4 Å². The van der Waals surface area contributed by atoms with Gasteiger partial charge in [-0.05, 0) is 66.8 Å². The van der Waals surface area contributed by atoms with Crippen molar-refractivity contribution in [1.29, 1.82) is 0 Å². The van der Waals surface area contributed by atoms with E-state index in [-0.39, 0.29) is 16.1 Å². The van der Waals surface area contributed by atoms with E-state index >= 15 is 0 Å². The van der Waals surface area contributed by atoms with Crippen LogP contribution in [0, 0.1) is 13.8 Å². The standard InChI is InChI=1S/C29H27ClN2O4/c1-17-9-8-11-22(18(17)2)32-26(33)24(30)25(27(32)34)31-20-15-13-19(14-16-20)28(35)36-23-12-7-6-10-21(23)29(3,4)5/h6-16,31H,1-5H3. The molecule has 7 heteroatoms. The zero-order chi connectivity index (χ0) is 26.2. The molecule has 0 fully saturated rings. The SMILES string of the molecule is Cc1cccc(N2C(=O)C(Cl)=C(Nc3ccc(C(=O)Oc4ccccc4C(C)(C)C)cc3)C2=O)c1C. The normalized spacial score (nSPS) is 13.9. The Kier molecular flexibility index (Phi) is 6.74. The third-order valence-electron chi connectivity index (χ3n) is 6.13. The van der Waals surface area contributed by atoms with Crippen LogP contribution in [0.3, 0.4) is 0 Å². The van der Waals surface area contributed by atoms with Gasteiger partial charge < -0.3 is 10.1 Å². The molecule has 0 aromatic heterocycles. The highest BCUT2D eigenvalue weighted by Crippen LogP contribution is 2.34. The second-order valence-corrected chi connectivity index (χ2v) is 10.1. The van der Waals surface area contributed by atoms with Crippen molar-refractivity contribution >= 4 is 40.8 Å². The van der Waals surface area contributed by atoms with Crippen molar-refractivity contribution in [3.63, 3.8) is 0 Å². The number of carbonyl (C=O) groups excluding carboxylic acids is 3. The first-order valence-electron chi connectivity index (χ1n) is 11.5. The lowest BCUT2D eigenvalue weighted by atomic mass is 9.86. The zero-order valence-electron chi connectivity index (χ0n) is 20.8. The van der Waals surface area contributed by atoms with E-state index in [4.69, 9.17) is 16.3 Å². The molecule has 3 aromatic carbocycles. The van der Waals surface area contributed by atoms with Crippen LogP contribution >= 0.6 is 11.6 Å². The maximum Gasteiger partial charge on any atom is 0.343 e. The fourth-order valence-electron chi connectivity index (χ4n) is 3.98. The first-order valence-corrected chi connectivity index (χ1v) is 11.9. The third-order valence-corrected chi connectivity index (χ3v) is 6.48. The predicted octanol–water partition coefficient (Wildman–Crippen LogP) is 6.26. The van der Waals surface area contributed by atoms with Gasteiger partial charge in [-0.1, -0.05) is 62.7 Å². The molecule has 2 amide bonds. The number of hydrogen-bond acceptors (Lipinski definition) is 5. The van der Waals surface area contributed by atoms with Gasteiger partial charge in [0.2, 0.25) is 0 Å². The lowest BCUT2D eigenvalue weighted by molar-refractivity contribution is -0.120. The van der Waals surface area contributed by atoms with Crippen molar-refractivity contribution in [3.05, 3.63) is 99.7 Å². The number of hydrogen-bond donors (Lipinski definition) is 1. The molecule has 184 valence electrons. The first-order chi connectivity index (χ1) is 17.0. The molecule has 0 unspecified atom stereocenters. The van der Waals surface area contributed by atoms with Gasteiger partial charge in [0.15, 0.2) is 0 Å². The second kappa shape index (κ2) is 9.63. The Bertz CT molecular complexity index is 1400. The quantitative estimate of drug-likeness (QED) is 0.253. The van der Waals surface area contributed by atoms with E-state index < -0.39 is 17.8 Å². The highest BCUT2D eigenvalue weighted by Gasteiger charge is 2.39. The summed E-state index contributed by atoms with van der Waals surface area (Å²) >= 11 is 6.26.